The van der Waals surface area contributed by atoms with E-state index in [0.717, 1.165) is 38.9 Å². The minimum Gasteiger partial charge on any atom is -0.449 e. The van der Waals surface area contributed by atoms with Gasteiger partial charge in [-0.3, -0.25) is 4.90 Å². The van der Waals surface area contributed by atoms with Gasteiger partial charge in [-0.1, -0.05) is 19.9 Å². The third-order valence-corrected chi connectivity index (χ3v) is 5.51. The van der Waals surface area contributed by atoms with Gasteiger partial charge in [0.25, 0.3) is 0 Å². The molecular weight excluding hydrogens is 346 g/mol. The zero-order chi connectivity index (χ0) is 18.3. The Kier molecular flexibility index (Phi) is 4.28. The number of carbonyl (C=O) groups is 1. The summed E-state index contributed by atoms with van der Waals surface area (Å²) in [6.45, 7) is 5.16. The molecule has 1 aliphatic rings. The largest absolute Gasteiger partial charge is 0.449 e. The Morgan fingerprint density at radius 1 is 1.38 bits per heavy atom. The van der Waals surface area contributed by atoms with Gasteiger partial charge in [0.2, 0.25) is 0 Å². The molecule has 2 aromatic heterocycles. The molecule has 0 bridgehead atoms. The van der Waals surface area contributed by atoms with Gasteiger partial charge in [-0.05, 0) is 47.0 Å². The standard InChI is InChI=1S/C20H21N3O2S/c1-12(2)10-25-20(24)23-8-6-14-9-13(3-4-16(14)23)15-11-26-17-5-7-22-19(21)18(15)17/h3-5,7,9,11-12H,6,8,10H2,1-2H3,(H2,21,22). The van der Waals surface area contributed by atoms with Crippen LogP contribution in [0, 0.1) is 5.92 Å². The van der Waals surface area contributed by atoms with Crippen LogP contribution in [0.2, 0.25) is 0 Å². The zero-order valence-corrected chi connectivity index (χ0v) is 15.7. The van der Waals surface area contributed by atoms with E-state index in [-0.39, 0.29) is 6.09 Å². The summed E-state index contributed by atoms with van der Waals surface area (Å²) in [5.74, 6) is 0.882. The quantitative estimate of drug-likeness (QED) is 0.728. The first-order chi connectivity index (χ1) is 12.5. The van der Waals surface area contributed by atoms with Gasteiger partial charge in [-0.25, -0.2) is 9.78 Å². The second-order valence-corrected chi connectivity index (χ2v) is 7.85. The van der Waals surface area contributed by atoms with Crippen molar-refractivity contribution in [1.82, 2.24) is 4.98 Å². The van der Waals surface area contributed by atoms with E-state index < -0.39 is 0 Å². The summed E-state index contributed by atoms with van der Waals surface area (Å²) in [6.07, 6.45) is 2.30. The Balaban J connectivity index is 1.65. The highest BCUT2D eigenvalue weighted by atomic mass is 32.1. The number of nitrogen functional groups attached to an aromatic ring is 1. The van der Waals surface area contributed by atoms with Crippen molar-refractivity contribution in [2.45, 2.75) is 20.3 Å². The zero-order valence-electron chi connectivity index (χ0n) is 14.9. The first-order valence-corrected chi connectivity index (χ1v) is 9.62. The van der Waals surface area contributed by atoms with Gasteiger partial charge < -0.3 is 10.5 Å². The van der Waals surface area contributed by atoms with Crippen molar-refractivity contribution in [3.63, 3.8) is 0 Å². The van der Waals surface area contributed by atoms with Crippen LogP contribution in [0.4, 0.5) is 16.3 Å². The smallest absolute Gasteiger partial charge is 0.414 e. The number of nitrogens with zero attached hydrogens (tertiary/aromatic N) is 2. The number of carbonyl (C=O) groups excluding carboxylic acids is 1. The number of thiophene rings is 1. The summed E-state index contributed by atoms with van der Waals surface area (Å²) in [4.78, 5) is 18.3. The number of nitrogens with two attached hydrogens (primary N) is 1. The minimum atomic E-state index is -0.264. The van der Waals surface area contributed by atoms with Crippen molar-refractivity contribution >= 4 is 39.0 Å². The van der Waals surface area contributed by atoms with Crippen molar-refractivity contribution in [2.24, 2.45) is 5.92 Å². The average molecular weight is 367 g/mol. The lowest BCUT2D eigenvalue weighted by Gasteiger charge is -2.18. The van der Waals surface area contributed by atoms with Gasteiger partial charge in [0, 0.05) is 28.4 Å². The molecule has 0 saturated heterocycles. The Hall–Kier alpha value is -2.60. The molecule has 0 saturated carbocycles. The maximum atomic E-state index is 12.3. The molecule has 134 valence electrons. The molecule has 0 spiro atoms. The average Bonchev–Trinajstić information content (AvgIpc) is 3.24. The summed E-state index contributed by atoms with van der Waals surface area (Å²) in [5, 5.41) is 3.12. The van der Waals surface area contributed by atoms with Crippen LogP contribution in [-0.4, -0.2) is 24.2 Å². The van der Waals surface area contributed by atoms with Gasteiger partial charge in [0.05, 0.1) is 12.3 Å². The SMILES string of the molecule is CC(C)COC(=O)N1CCc2cc(-c3csc4ccnc(N)c34)ccc21. The lowest BCUT2D eigenvalue weighted by atomic mass is 10.0. The van der Waals surface area contributed by atoms with Gasteiger partial charge >= 0.3 is 6.09 Å². The highest BCUT2D eigenvalue weighted by Gasteiger charge is 2.26. The van der Waals surface area contributed by atoms with Crippen molar-refractivity contribution in [1.29, 1.82) is 0 Å². The summed E-state index contributed by atoms with van der Waals surface area (Å²) in [6, 6.07) is 8.18. The summed E-state index contributed by atoms with van der Waals surface area (Å²) in [5.41, 5.74) is 10.4. The van der Waals surface area contributed by atoms with Crippen LogP contribution in [0.1, 0.15) is 19.4 Å². The molecule has 0 fully saturated rings. The number of rotatable bonds is 3. The lowest BCUT2D eigenvalue weighted by Crippen LogP contribution is -2.30. The number of hydrogen-bond acceptors (Lipinski definition) is 5. The fraction of sp³-hybridized carbons (Fsp3) is 0.300. The Morgan fingerprint density at radius 3 is 3.04 bits per heavy atom. The van der Waals surface area contributed by atoms with Crippen molar-refractivity contribution in [2.75, 3.05) is 23.8 Å². The number of amides is 1. The number of ether oxygens (including phenoxy) is 1. The monoisotopic (exact) mass is 367 g/mol. The second-order valence-electron chi connectivity index (χ2n) is 6.93. The fourth-order valence-electron chi connectivity index (χ4n) is 3.30. The van der Waals surface area contributed by atoms with Crippen LogP contribution in [0.25, 0.3) is 21.2 Å². The topological polar surface area (TPSA) is 68.5 Å². The highest BCUT2D eigenvalue weighted by Crippen LogP contribution is 2.39. The van der Waals surface area contributed by atoms with Gasteiger partial charge in [-0.15, -0.1) is 11.3 Å². The number of fused-ring (bicyclic) bond motifs is 2. The molecule has 26 heavy (non-hydrogen) atoms. The molecule has 1 aromatic carbocycles. The van der Waals surface area contributed by atoms with Crippen LogP contribution in [0.5, 0.6) is 0 Å². The molecule has 2 N–H and O–H groups in total. The van der Waals surface area contributed by atoms with Gasteiger partial charge in [0.15, 0.2) is 0 Å². The van der Waals surface area contributed by atoms with E-state index in [1.54, 1.807) is 22.4 Å². The van der Waals surface area contributed by atoms with E-state index in [4.69, 9.17) is 10.5 Å². The molecule has 0 unspecified atom stereocenters. The van der Waals surface area contributed by atoms with Crippen molar-refractivity contribution < 1.29 is 9.53 Å². The number of anilines is 2. The molecule has 1 aliphatic heterocycles. The molecular formula is C20H21N3O2S. The number of pyridine rings is 1. The van der Waals surface area contributed by atoms with E-state index in [9.17, 15) is 4.79 Å². The van der Waals surface area contributed by atoms with Crippen molar-refractivity contribution in [3.8, 4) is 11.1 Å². The van der Waals surface area contributed by atoms with Crippen LogP contribution >= 0.6 is 11.3 Å². The maximum Gasteiger partial charge on any atom is 0.414 e. The molecule has 5 nitrogen and oxygen atoms in total. The van der Waals surface area contributed by atoms with E-state index in [1.165, 1.54) is 0 Å². The molecule has 1 amide bonds. The van der Waals surface area contributed by atoms with Crippen molar-refractivity contribution in [3.05, 3.63) is 41.4 Å². The number of hydrogen-bond donors (Lipinski definition) is 1. The fourth-order valence-corrected chi connectivity index (χ4v) is 4.27. The molecule has 0 atom stereocenters. The lowest BCUT2D eigenvalue weighted by molar-refractivity contribution is 0.140. The molecule has 3 heterocycles. The van der Waals surface area contributed by atoms with E-state index in [0.29, 0.717) is 24.9 Å². The molecule has 0 radical (unpaired) electrons. The van der Waals surface area contributed by atoms with E-state index in [2.05, 4.69) is 16.4 Å². The molecule has 4 rings (SSSR count). The van der Waals surface area contributed by atoms with Gasteiger partial charge in [0.1, 0.15) is 5.82 Å². The molecule has 0 aliphatic carbocycles. The van der Waals surface area contributed by atoms with Gasteiger partial charge in [-0.2, -0.15) is 0 Å². The number of aromatic nitrogens is 1. The first kappa shape index (κ1) is 16.8. The van der Waals surface area contributed by atoms with Crippen LogP contribution in [0.15, 0.2) is 35.8 Å². The number of benzene rings is 1. The second kappa shape index (κ2) is 6.61. The van der Waals surface area contributed by atoms with E-state index in [1.807, 2.05) is 32.0 Å². The predicted molar refractivity (Wildman–Crippen MR) is 107 cm³/mol. The third-order valence-electron chi connectivity index (χ3n) is 4.56. The normalized spacial score (nSPS) is 13.4. The molecule has 3 aromatic rings. The Labute approximate surface area is 156 Å². The maximum absolute atomic E-state index is 12.3. The van der Waals surface area contributed by atoms with Crippen LogP contribution in [0.3, 0.4) is 0 Å². The summed E-state index contributed by atoms with van der Waals surface area (Å²) in [7, 11) is 0. The Morgan fingerprint density at radius 2 is 2.23 bits per heavy atom. The highest BCUT2D eigenvalue weighted by molar-refractivity contribution is 7.17. The Bertz CT molecular complexity index is 980. The first-order valence-electron chi connectivity index (χ1n) is 8.74. The minimum absolute atomic E-state index is 0.264. The molecule has 6 heteroatoms. The van der Waals surface area contributed by atoms with E-state index >= 15 is 0 Å². The predicted octanol–water partition coefficient (Wildman–Crippen LogP) is 4.70. The summed E-state index contributed by atoms with van der Waals surface area (Å²) < 4.78 is 6.52. The van der Waals surface area contributed by atoms with Crippen LogP contribution < -0.4 is 10.6 Å². The van der Waals surface area contributed by atoms with Crippen LogP contribution in [-0.2, 0) is 11.2 Å². The third kappa shape index (κ3) is 2.90. The summed E-state index contributed by atoms with van der Waals surface area (Å²) >= 11 is 1.67.